The average molecular weight is 407 g/mol. The van der Waals surface area contributed by atoms with Gasteiger partial charge in [0.1, 0.15) is 6.04 Å². The first-order valence-electron chi connectivity index (χ1n) is 9.43. The second-order valence-corrected chi connectivity index (χ2v) is 7.23. The number of nitrogens with zero attached hydrogens (tertiary/aromatic N) is 1. The zero-order valence-corrected chi connectivity index (χ0v) is 17.0. The van der Waals surface area contributed by atoms with Gasteiger partial charge in [-0.2, -0.15) is 0 Å². The fraction of sp³-hybridized carbons (Fsp3) is 0.167. The summed E-state index contributed by atoms with van der Waals surface area (Å²) in [6, 6.07) is 25.6. The smallest absolute Gasteiger partial charge is 0.247 e. The van der Waals surface area contributed by atoms with E-state index >= 15 is 0 Å². The molecule has 3 rings (SSSR count). The maximum atomic E-state index is 13.2. The molecule has 0 unspecified atom stereocenters. The third kappa shape index (κ3) is 5.69. The van der Waals surface area contributed by atoms with Gasteiger partial charge in [0.15, 0.2) is 0 Å². The lowest BCUT2D eigenvalue weighted by molar-refractivity contribution is -0.140. The minimum Gasteiger partial charge on any atom is -0.350 e. The van der Waals surface area contributed by atoms with Crippen LogP contribution in [-0.2, 0) is 22.7 Å². The molecule has 0 aliphatic rings. The second-order valence-electron chi connectivity index (χ2n) is 6.79. The third-order valence-corrected chi connectivity index (χ3v) is 4.91. The lowest BCUT2D eigenvalue weighted by Gasteiger charge is -2.30. The van der Waals surface area contributed by atoms with E-state index in [2.05, 4.69) is 5.32 Å². The molecule has 148 valence electrons. The van der Waals surface area contributed by atoms with Crippen molar-refractivity contribution in [3.8, 4) is 0 Å². The Morgan fingerprint density at radius 3 is 2.03 bits per heavy atom. The second kappa shape index (κ2) is 9.89. The Bertz CT molecular complexity index is 944. The minimum atomic E-state index is -0.729. The predicted octanol–water partition coefficient (Wildman–Crippen LogP) is 4.75. The number of rotatable bonds is 7. The summed E-state index contributed by atoms with van der Waals surface area (Å²) in [5, 5.41) is 3.60. The molecule has 0 spiro atoms. The summed E-state index contributed by atoms with van der Waals surface area (Å²) in [6.45, 7) is 2.19. The number of halogens is 1. The van der Waals surface area contributed by atoms with Crippen LogP contribution >= 0.6 is 11.6 Å². The topological polar surface area (TPSA) is 49.4 Å². The van der Waals surface area contributed by atoms with Crippen molar-refractivity contribution < 1.29 is 9.59 Å². The number of carbonyl (C=O) groups excluding carboxylic acids is 2. The maximum absolute atomic E-state index is 13.2. The van der Waals surface area contributed by atoms with E-state index in [1.165, 1.54) is 6.92 Å². The molecule has 0 fully saturated rings. The number of hydrogen-bond donors (Lipinski definition) is 1. The molecule has 0 aromatic heterocycles. The van der Waals surface area contributed by atoms with Gasteiger partial charge in [-0.1, -0.05) is 84.4 Å². The number of carbonyl (C=O) groups is 2. The van der Waals surface area contributed by atoms with Gasteiger partial charge in [0.25, 0.3) is 0 Å². The summed E-state index contributed by atoms with van der Waals surface area (Å²) in [6.07, 6.45) is 0. The molecule has 4 nitrogen and oxygen atoms in total. The van der Waals surface area contributed by atoms with Gasteiger partial charge in [0.05, 0.1) is 0 Å². The highest BCUT2D eigenvalue weighted by Gasteiger charge is 2.29. The summed E-state index contributed by atoms with van der Waals surface area (Å²) >= 11 is 5.97. The molecule has 2 amide bonds. The molecule has 1 N–H and O–H groups in total. The van der Waals surface area contributed by atoms with Crippen LogP contribution in [0.4, 0.5) is 0 Å². The summed E-state index contributed by atoms with van der Waals surface area (Å²) in [7, 11) is 0. The number of nitrogens with one attached hydrogen (secondary N) is 1. The summed E-state index contributed by atoms with van der Waals surface area (Å²) in [4.78, 5) is 27.3. The van der Waals surface area contributed by atoms with Gasteiger partial charge < -0.3 is 10.2 Å². The molecule has 0 heterocycles. The van der Waals surface area contributed by atoms with Crippen molar-refractivity contribution in [1.29, 1.82) is 0 Å². The zero-order valence-electron chi connectivity index (χ0n) is 16.2. The van der Waals surface area contributed by atoms with Crippen LogP contribution in [0.15, 0.2) is 84.9 Å². The molecule has 29 heavy (non-hydrogen) atoms. The molecule has 0 saturated heterocycles. The Morgan fingerprint density at radius 1 is 0.862 bits per heavy atom. The highest BCUT2D eigenvalue weighted by atomic mass is 35.5. The lowest BCUT2D eigenvalue weighted by atomic mass is 10.0. The molecule has 5 heteroatoms. The molecule has 3 aromatic rings. The van der Waals surface area contributed by atoms with E-state index in [1.54, 1.807) is 17.0 Å². The van der Waals surface area contributed by atoms with E-state index in [0.29, 0.717) is 18.1 Å². The summed E-state index contributed by atoms with van der Waals surface area (Å²) in [5.74, 6) is -0.395. The fourth-order valence-corrected chi connectivity index (χ4v) is 3.29. The first kappa shape index (κ1) is 20.6. The highest BCUT2D eigenvalue weighted by molar-refractivity contribution is 6.30. The molecule has 0 bridgehead atoms. The third-order valence-electron chi connectivity index (χ3n) is 4.66. The summed E-state index contributed by atoms with van der Waals surface area (Å²) < 4.78 is 0. The van der Waals surface area contributed by atoms with Crippen LogP contribution in [-0.4, -0.2) is 16.7 Å². The molecule has 0 aliphatic carbocycles. The van der Waals surface area contributed by atoms with Gasteiger partial charge in [-0.3, -0.25) is 9.59 Å². The van der Waals surface area contributed by atoms with Crippen molar-refractivity contribution in [2.24, 2.45) is 0 Å². The van der Waals surface area contributed by atoms with E-state index in [9.17, 15) is 9.59 Å². The van der Waals surface area contributed by atoms with Gasteiger partial charge in [-0.05, 0) is 28.8 Å². The van der Waals surface area contributed by atoms with E-state index in [4.69, 9.17) is 11.6 Å². The Balaban J connectivity index is 1.86. The lowest BCUT2D eigenvalue weighted by Crippen LogP contribution is -2.42. The van der Waals surface area contributed by atoms with E-state index < -0.39 is 6.04 Å². The number of amides is 2. The van der Waals surface area contributed by atoms with Crippen LogP contribution in [0.25, 0.3) is 0 Å². The van der Waals surface area contributed by atoms with Crippen LogP contribution in [0.3, 0.4) is 0 Å². The fourth-order valence-electron chi connectivity index (χ4n) is 3.16. The Kier molecular flexibility index (Phi) is 7.04. The standard InChI is InChI=1S/C24H23ClN2O2/c1-18(28)27(17-20-12-14-22(25)15-13-20)23(21-10-6-3-7-11-21)24(29)26-16-19-8-4-2-5-9-19/h2-15,23H,16-17H2,1H3,(H,26,29)/t23-/m0/s1. The van der Waals surface area contributed by atoms with Crippen LogP contribution < -0.4 is 5.32 Å². The number of hydrogen-bond acceptors (Lipinski definition) is 2. The van der Waals surface area contributed by atoms with Gasteiger partial charge in [0.2, 0.25) is 11.8 Å². The normalized spacial score (nSPS) is 11.5. The maximum Gasteiger partial charge on any atom is 0.247 e. The first-order valence-corrected chi connectivity index (χ1v) is 9.80. The quantitative estimate of drug-likeness (QED) is 0.615. The average Bonchev–Trinajstić information content (AvgIpc) is 2.74. The van der Waals surface area contributed by atoms with Gasteiger partial charge in [-0.25, -0.2) is 0 Å². The van der Waals surface area contributed by atoms with Crippen molar-refractivity contribution in [1.82, 2.24) is 10.2 Å². The first-order chi connectivity index (χ1) is 14.0. The van der Waals surface area contributed by atoms with E-state index in [1.807, 2.05) is 72.8 Å². The Labute approximate surface area is 176 Å². The predicted molar refractivity (Wildman–Crippen MR) is 115 cm³/mol. The minimum absolute atomic E-state index is 0.177. The molecular weight excluding hydrogens is 384 g/mol. The highest BCUT2D eigenvalue weighted by Crippen LogP contribution is 2.24. The van der Waals surface area contributed by atoms with Gasteiger partial charge in [-0.15, -0.1) is 0 Å². The Morgan fingerprint density at radius 2 is 1.45 bits per heavy atom. The summed E-state index contributed by atoms with van der Waals surface area (Å²) in [5.41, 5.74) is 2.67. The Hall–Kier alpha value is -3.11. The van der Waals surface area contributed by atoms with Gasteiger partial charge >= 0.3 is 0 Å². The van der Waals surface area contributed by atoms with Crippen LogP contribution in [0.1, 0.15) is 29.7 Å². The van der Waals surface area contributed by atoms with Crippen molar-refractivity contribution >= 4 is 23.4 Å². The largest absolute Gasteiger partial charge is 0.350 e. The van der Waals surface area contributed by atoms with Gasteiger partial charge in [0, 0.05) is 25.0 Å². The molecular formula is C24H23ClN2O2. The molecule has 3 aromatic carbocycles. The molecule has 1 atom stereocenters. The van der Waals surface area contributed by atoms with E-state index in [0.717, 1.165) is 16.7 Å². The van der Waals surface area contributed by atoms with Crippen molar-refractivity contribution in [2.75, 3.05) is 0 Å². The van der Waals surface area contributed by atoms with Crippen molar-refractivity contribution in [2.45, 2.75) is 26.1 Å². The monoisotopic (exact) mass is 406 g/mol. The van der Waals surface area contributed by atoms with Crippen LogP contribution in [0, 0.1) is 0 Å². The van der Waals surface area contributed by atoms with Crippen molar-refractivity contribution in [3.63, 3.8) is 0 Å². The molecule has 0 radical (unpaired) electrons. The number of benzene rings is 3. The van der Waals surface area contributed by atoms with Crippen molar-refractivity contribution in [3.05, 3.63) is 107 Å². The van der Waals surface area contributed by atoms with E-state index in [-0.39, 0.29) is 11.8 Å². The van der Waals surface area contributed by atoms with Crippen LogP contribution in [0.2, 0.25) is 5.02 Å². The molecule has 0 saturated carbocycles. The SMILES string of the molecule is CC(=O)N(Cc1ccc(Cl)cc1)[C@H](C(=O)NCc1ccccc1)c1ccccc1. The zero-order chi connectivity index (χ0) is 20.6. The molecule has 0 aliphatic heterocycles. The van der Waals surface area contributed by atoms with Crippen LogP contribution in [0.5, 0.6) is 0 Å².